The fourth-order valence-corrected chi connectivity index (χ4v) is 1.93. The fourth-order valence-electron chi connectivity index (χ4n) is 1.93. The van der Waals surface area contributed by atoms with Gasteiger partial charge >= 0.3 is 0 Å². The van der Waals surface area contributed by atoms with Gasteiger partial charge in [-0.05, 0) is 18.2 Å². The summed E-state index contributed by atoms with van der Waals surface area (Å²) in [6, 6.07) is 5.40. The van der Waals surface area contributed by atoms with Crippen LogP contribution in [0.3, 0.4) is 0 Å². The molecule has 0 spiro atoms. The third kappa shape index (κ3) is 6.14. The van der Waals surface area contributed by atoms with Gasteiger partial charge in [-0.1, -0.05) is 0 Å². The van der Waals surface area contributed by atoms with E-state index in [0.29, 0.717) is 31.2 Å². The van der Waals surface area contributed by atoms with Gasteiger partial charge < -0.3 is 16.0 Å². The number of aliphatic imine (C=N–C) groups is 1. The van der Waals surface area contributed by atoms with E-state index in [4.69, 9.17) is 0 Å². The maximum Gasteiger partial charge on any atom is 0.252 e. The smallest absolute Gasteiger partial charge is 0.252 e. The summed E-state index contributed by atoms with van der Waals surface area (Å²) in [5.74, 6) is 0.527. The molecule has 0 unspecified atom stereocenters. The Morgan fingerprint density at radius 2 is 2.00 bits per heavy atom. The first-order chi connectivity index (χ1) is 11.2. The van der Waals surface area contributed by atoms with Crippen molar-refractivity contribution < 1.29 is 4.79 Å². The summed E-state index contributed by atoms with van der Waals surface area (Å²) in [6.07, 6.45) is 4.93. The van der Waals surface area contributed by atoms with Gasteiger partial charge in [-0.3, -0.25) is 19.5 Å². The van der Waals surface area contributed by atoms with E-state index < -0.39 is 0 Å². The summed E-state index contributed by atoms with van der Waals surface area (Å²) in [5.41, 5.74) is 1.60. The molecule has 2 aromatic rings. The highest BCUT2D eigenvalue weighted by atomic mass is 127. The number of nitrogens with one attached hydrogen (secondary N) is 3. The molecule has 0 aliphatic rings. The molecule has 0 atom stereocenters. The van der Waals surface area contributed by atoms with E-state index in [2.05, 4.69) is 31.0 Å². The molecule has 0 saturated heterocycles. The highest BCUT2D eigenvalue weighted by Gasteiger charge is 2.04. The molecule has 0 radical (unpaired) electrons. The summed E-state index contributed by atoms with van der Waals surface area (Å²) in [5, 5.41) is 13.3. The molecule has 8 nitrogen and oxygen atoms in total. The molecule has 0 bridgehead atoms. The van der Waals surface area contributed by atoms with Crippen LogP contribution >= 0.6 is 24.0 Å². The first-order valence-electron chi connectivity index (χ1n) is 7.30. The molecule has 0 aliphatic heterocycles. The molecule has 2 rings (SSSR count). The summed E-state index contributed by atoms with van der Waals surface area (Å²) < 4.78 is 1.80. The summed E-state index contributed by atoms with van der Waals surface area (Å²) >= 11 is 0. The molecule has 3 N–H and O–H groups in total. The number of carbonyl (C=O) groups is 1. The van der Waals surface area contributed by atoms with E-state index in [1.54, 1.807) is 36.3 Å². The Morgan fingerprint density at radius 3 is 2.62 bits per heavy atom. The van der Waals surface area contributed by atoms with Crippen LogP contribution in [0.2, 0.25) is 0 Å². The standard InChI is InChI=1S/C15H21N7O.HI/c1-16-15(20-11-13-5-7-21-22(13)2)19-9-8-18-14(23)12-4-3-6-17-10-12;/h3-7,10H,8-9,11H2,1-2H3,(H,18,23)(H2,16,19,20);1H. The van der Waals surface area contributed by atoms with Crippen molar-refractivity contribution in [3.8, 4) is 0 Å². The van der Waals surface area contributed by atoms with Crippen molar-refractivity contribution in [2.75, 3.05) is 20.1 Å². The first-order valence-corrected chi connectivity index (χ1v) is 7.30. The zero-order valence-corrected chi connectivity index (χ0v) is 16.0. The van der Waals surface area contributed by atoms with Gasteiger partial charge in [-0.2, -0.15) is 5.10 Å². The van der Waals surface area contributed by atoms with Crippen molar-refractivity contribution in [2.45, 2.75) is 6.54 Å². The van der Waals surface area contributed by atoms with Gasteiger partial charge in [-0.15, -0.1) is 24.0 Å². The quantitative estimate of drug-likeness (QED) is 0.262. The molecule has 2 heterocycles. The van der Waals surface area contributed by atoms with Gasteiger partial charge in [-0.25, -0.2) is 0 Å². The second-order valence-electron chi connectivity index (χ2n) is 4.80. The van der Waals surface area contributed by atoms with Crippen molar-refractivity contribution in [3.05, 3.63) is 48.0 Å². The van der Waals surface area contributed by atoms with Gasteiger partial charge in [0.05, 0.1) is 17.8 Å². The van der Waals surface area contributed by atoms with Crippen LogP contribution in [-0.2, 0) is 13.6 Å². The monoisotopic (exact) mass is 443 g/mol. The van der Waals surface area contributed by atoms with Crippen LogP contribution in [0.1, 0.15) is 16.1 Å². The lowest BCUT2D eigenvalue weighted by Crippen LogP contribution is -2.41. The molecule has 130 valence electrons. The van der Waals surface area contributed by atoms with Crippen LogP contribution < -0.4 is 16.0 Å². The molecule has 9 heteroatoms. The van der Waals surface area contributed by atoms with Crippen molar-refractivity contribution in [3.63, 3.8) is 0 Å². The Bertz CT molecular complexity index is 657. The zero-order valence-electron chi connectivity index (χ0n) is 13.7. The number of pyridine rings is 1. The number of hydrogen-bond donors (Lipinski definition) is 3. The molecular weight excluding hydrogens is 421 g/mol. The van der Waals surface area contributed by atoms with Gasteiger partial charge in [0.1, 0.15) is 0 Å². The van der Waals surface area contributed by atoms with E-state index in [-0.39, 0.29) is 29.9 Å². The van der Waals surface area contributed by atoms with Crippen LogP contribution in [0.5, 0.6) is 0 Å². The zero-order chi connectivity index (χ0) is 16.5. The van der Waals surface area contributed by atoms with Crippen molar-refractivity contribution in [2.24, 2.45) is 12.0 Å². The predicted molar refractivity (Wildman–Crippen MR) is 103 cm³/mol. The fraction of sp³-hybridized carbons (Fsp3) is 0.333. The average molecular weight is 443 g/mol. The van der Waals surface area contributed by atoms with Gasteiger partial charge in [0.25, 0.3) is 5.91 Å². The third-order valence-corrected chi connectivity index (χ3v) is 3.21. The maximum absolute atomic E-state index is 11.8. The van der Waals surface area contributed by atoms with Crippen LogP contribution in [-0.4, -0.2) is 46.8 Å². The number of amides is 1. The summed E-state index contributed by atoms with van der Waals surface area (Å²) in [7, 11) is 3.59. The van der Waals surface area contributed by atoms with E-state index in [1.165, 1.54) is 6.20 Å². The van der Waals surface area contributed by atoms with Crippen LogP contribution in [0.15, 0.2) is 41.8 Å². The number of hydrogen-bond acceptors (Lipinski definition) is 4. The van der Waals surface area contributed by atoms with Crippen molar-refractivity contribution >= 4 is 35.8 Å². The Morgan fingerprint density at radius 1 is 1.21 bits per heavy atom. The number of aromatic nitrogens is 3. The van der Waals surface area contributed by atoms with Crippen LogP contribution in [0, 0.1) is 0 Å². The minimum absolute atomic E-state index is 0. The molecule has 1 amide bonds. The Hall–Kier alpha value is -2.17. The highest BCUT2D eigenvalue weighted by molar-refractivity contribution is 14.0. The predicted octanol–water partition coefficient (Wildman–Crippen LogP) is 0.528. The molecule has 24 heavy (non-hydrogen) atoms. The minimum Gasteiger partial charge on any atom is -0.355 e. The molecule has 0 saturated carbocycles. The number of halogens is 1. The third-order valence-electron chi connectivity index (χ3n) is 3.21. The number of guanidine groups is 1. The van der Waals surface area contributed by atoms with Crippen LogP contribution in [0.4, 0.5) is 0 Å². The highest BCUT2D eigenvalue weighted by Crippen LogP contribution is 1.95. The normalized spacial score (nSPS) is 10.7. The lowest BCUT2D eigenvalue weighted by Gasteiger charge is -2.12. The SMILES string of the molecule is CN=C(NCCNC(=O)c1cccnc1)NCc1ccnn1C.I. The van der Waals surface area contributed by atoms with E-state index in [1.807, 2.05) is 13.1 Å². The molecule has 0 aliphatic carbocycles. The minimum atomic E-state index is -0.141. The van der Waals surface area contributed by atoms with Crippen molar-refractivity contribution in [1.82, 2.24) is 30.7 Å². The second kappa shape index (κ2) is 10.6. The second-order valence-corrected chi connectivity index (χ2v) is 4.80. The van der Waals surface area contributed by atoms with E-state index in [0.717, 1.165) is 5.69 Å². The number of rotatable bonds is 6. The average Bonchev–Trinajstić information content (AvgIpc) is 3.00. The maximum atomic E-state index is 11.8. The van der Waals surface area contributed by atoms with E-state index in [9.17, 15) is 4.79 Å². The number of carbonyl (C=O) groups excluding carboxylic acids is 1. The number of aryl methyl sites for hydroxylation is 1. The number of nitrogens with zero attached hydrogens (tertiary/aromatic N) is 4. The molecule has 2 aromatic heterocycles. The Balaban J connectivity index is 0.00000288. The molecule has 0 fully saturated rings. The first kappa shape index (κ1) is 19.9. The van der Waals surface area contributed by atoms with Gasteiger partial charge in [0, 0.05) is 45.8 Å². The van der Waals surface area contributed by atoms with E-state index >= 15 is 0 Å². The summed E-state index contributed by atoms with van der Waals surface area (Å²) in [6.45, 7) is 1.68. The van der Waals surface area contributed by atoms with Crippen LogP contribution in [0.25, 0.3) is 0 Å². The lowest BCUT2D eigenvalue weighted by molar-refractivity contribution is 0.0954. The van der Waals surface area contributed by atoms with Gasteiger partial charge in [0.15, 0.2) is 5.96 Å². The van der Waals surface area contributed by atoms with Crippen molar-refractivity contribution in [1.29, 1.82) is 0 Å². The van der Waals surface area contributed by atoms with Gasteiger partial charge in [0.2, 0.25) is 0 Å². The Labute approximate surface area is 158 Å². The largest absolute Gasteiger partial charge is 0.355 e. The molecular formula is C15H22IN7O. The lowest BCUT2D eigenvalue weighted by atomic mass is 10.3. The Kier molecular flexibility index (Phi) is 8.76. The summed E-state index contributed by atoms with van der Waals surface area (Å²) in [4.78, 5) is 19.9. The molecule has 0 aromatic carbocycles. The topological polar surface area (TPSA) is 96.2 Å².